The molecule has 0 bridgehead atoms. The quantitative estimate of drug-likeness (QED) is 0.524. The topological polar surface area (TPSA) is 43.4 Å². The second-order valence-electron chi connectivity index (χ2n) is 7.44. The molecule has 28 heavy (non-hydrogen) atoms. The largest absolute Gasteiger partial charge is 0.465 e. The van der Waals surface area contributed by atoms with Crippen molar-refractivity contribution in [1.29, 1.82) is 0 Å². The van der Waals surface area contributed by atoms with Gasteiger partial charge in [-0.3, -0.25) is 9.59 Å². The minimum Gasteiger partial charge on any atom is -0.465 e. The first-order valence-corrected chi connectivity index (χ1v) is 9.67. The summed E-state index contributed by atoms with van der Waals surface area (Å²) in [6.07, 6.45) is 2.02. The van der Waals surface area contributed by atoms with Crippen LogP contribution in [0.3, 0.4) is 0 Å². The summed E-state index contributed by atoms with van der Waals surface area (Å²) in [6, 6.07) is 14.2. The number of ketones is 1. The molecule has 0 unspecified atom stereocenters. The van der Waals surface area contributed by atoms with Gasteiger partial charge in [0.05, 0.1) is 6.61 Å². The van der Waals surface area contributed by atoms with Gasteiger partial charge in [-0.1, -0.05) is 50.2 Å². The summed E-state index contributed by atoms with van der Waals surface area (Å²) in [4.78, 5) is 25.4. The molecule has 3 rings (SSSR count). The van der Waals surface area contributed by atoms with Crippen molar-refractivity contribution in [2.24, 2.45) is 5.92 Å². The maximum Gasteiger partial charge on any atom is 0.317 e. The molecule has 4 heteroatoms. The molecule has 0 heterocycles. The Morgan fingerprint density at radius 2 is 1.75 bits per heavy atom. The maximum atomic E-state index is 13.3. The van der Waals surface area contributed by atoms with Crippen LogP contribution < -0.4 is 0 Å². The number of rotatable bonds is 5. The Kier molecular flexibility index (Phi) is 6.08. The fraction of sp³-hybridized carbons (Fsp3) is 0.333. The minimum atomic E-state index is -0.853. The van der Waals surface area contributed by atoms with Gasteiger partial charge in [-0.05, 0) is 59.7 Å². The molecule has 0 amide bonds. The van der Waals surface area contributed by atoms with E-state index in [9.17, 15) is 14.0 Å². The van der Waals surface area contributed by atoms with E-state index in [1.807, 2.05) is 24.3 Å². The molecule has 0 radical (unpaired) electrons. The van der Waals surface area contributed by atoms with Crippen molar-refractivity contribution in [2.45, 2.75) is 39.0 Å². The minimum absolute atomic E-state index is 0.232. The van der Waals surface area contributed by atoms with Crippen LogP contribution in [0.5, 0.6) is 0 Å². The lowest BCUT2D eigenvalue weighted by Gasteiger charge is -2.29. The Hall–Kier alpha value is -2.75. The van der Waals surface area contributed by atoms with Crippen molar-refractivity contribution in [3.8, 4) is 0 Å². The monoisotopic (exact) mass is 380 g/mol. The van der Waals surface area contributed by atoms with E-state index in [0.717, 1.165) is 16.7 Å². The van der Waals surface area contributed by atoms with Gasteiger partial charge >= 0.3 is 5.97 Å². The Bertz CT molecular complexity index is 879. The van der Waals surface area contributed by atoms with Gasteiger partial charge in [0.1, 0.15) is 11.7 Å². The third-order valence-corrected chi connectivity index (χ3v) is 5.25. The number of carbonyl (C=O) groups excluding carboxylic acids is 2. The van der Waals surface area contributed by atoms with E-state index in [2.05, 4.69) is 13.8 Å². The van der Waals surface area contributed by atoms with Crippen LogP contribution in [0.15, 0.2) is 54.6 Å². The Labute approximate surface area is 165 Å². The van der Waals surface area contributed by atoms with Crippen LogP contribution in [0.4, 0.5) is 4.39 Å². The van der Waals surface area contributed by atoms with Crippen LogP contribution in [0.25, 0.3) is 5.57 Å². The lowest BCUT2D eigenvalue weighted by molar-refractivity contribution is -0.151. The zero-order chi connectivity index (χ0) is 20.3. The highest BCUT2D eigenvalue weighted by Gasteiger charge is 2.39. The van der Waals surface area contributed by atoms with Crippen LogP contribution >= 0.6 is 0 Å². The summed E-state index contributed by atoms with van der Waals surface area (Å²) in [5.41, 5.74) is 3.74. The van der Waals surface area contributed by atoms with Crippen LogP contribution in [0.1, 0.15) is 55.7 Å². The standard InChI is InChI=1S/C24H25FO3/c1-4-28-24(27)23-21(18-7-5-16(6-8-18)15(2)3)13-19(14-22(23)26)17-9-11-20(25)12-10-17/h5-12,14-15,21,23H,4,13H2,1-3H3/t21-,23-/m1/s1. The second-order valence-corrected chi connectivity index (χ2v) is 7.44. The van der Waals surface area contributed by atoms with Gasteiger partial charge in [-0.2, -0.15) is 0 Å². The smallest absolute Gasteiger partial charge is 0.317 e. The fourth-order valence-electron chi connectivity index (χ4n) is 3.69. The lowest BCUT2D eigenvalue weighted by Crippen LogP contribution is -2.34. The van der Waals surface area contributed by atoms with Crippen molar-refractivity contribution in [1.82, 2.24) is 0 Å². The first-order valence-electron chi connectivity index (χ1n) is 9.67. The van der Waals surface area contributed by atoms with E-state index in [1.54, 1.807) is 19.1 Å². The first-order chi connectivity index (χ1) is 13.4. The SMILES string of the molecule is CCOC(=O)[C@H]1C(=O)C=C(c2ccc(F)cc2)C[C@@H]1c1ccc(C(C)C)cc1. The van der Waals surface area contributed by atoms with Gasteiger partial charge < -0.3 is 4.74 Å². The maximum absolute atomic E-state index is 13.3. The van der Waals surface area contributed by atoms with Gasteiger partial charge in [-0.15, -0.1) is 0 Å². The van der Waals surface area contributed by atoms with Crippen molar-refractivity contribution in [3.63, 3.8) is 0 Å². The zero-order valence-corrected chi connectivity index (χ0v) is 16.4. The van der Waals surface area contributed by atoms with Crippen LogP contribution in [-0.4, -0.2) is 18.4 Å². The normalized spacial score (nSPS) is 19.5. The molecule has 0 fully saturated rings. The number of benzene rings is 2. The summed E-state index contributed by atoms with van der Waals surface area (Å²) < 4.78 is 18.5. The molecule has 0 saturated carbocycles. The average molecular weight is 380 g/mol. The molecule has 0 aromatic heterocycles. The molecule has 0 saturated heterocycles. The van der Waals surface area contributed by atoms with E-state index in [-0.39, 0.29) is 24.1 Å². The van der Waals surface area contributed by atoms with Gasteiger partial charge in [0.25, 0.3) is 0 Å². The predicted octanol–water partition coefficient (Wildman–Crippen LogP) is 5.27. The molecular weight excluding hydrogens is 355 g/mol. The van der Waals surface area contributed by atoms with Crippen LogP contribution in [0, 0.1) is 11.7 Å². The second kappa shape index (κ2) is 8.51. The molecule has 146 valence electrons. The summed E-state index contributed by atoms with van der Waals surface area (Å²) in [5, 5.41) is 0. The van der Waals surface area contributed by atoms with Crippen molar-refractivity contribution < 1.29 is 18.7 Å². The lowest BCUT2D eigenvalue weighted by atomic mass is 9.73. The van der Waals surface area contributed by atoms with E-state index < -0.39 is 11.9 Å². The van der Waals surface area contributed by atoms with Gasteiger partial charge in [-0.25, -0.2) is 4.39 Å². The fourth-order valence-corrected chi connectivity index (χ4v) is 3.69. The molecule has 0 aliphatic heterocycles. The molecule has 0 spiro atoms. The Morgan fingerprint density at radius 1 is 1.11 bits per heavy atom. The average Bonchev–Trinajstić information content (AvgIpc) is 2.68. The molecule has 2 aromatic carbocycles. The molecule has 1 aliphatic rings. The third-order valence-electron chi connectivity index (χ3n) is 5.25. The van der Waals surface area contributed by atoms with Crippen molar-refractivity contribution in [3.05, 3.63) is 77.1 Å². The molecular formula is C24H25FO3. The van der Waals surface area contributed by atoms with Gasteiger partial charge in [0.2, 0.25) is 0 Å². The van der Waals surface area contributed by atoms with Crippen LogP contribution in [0.2, 0.25) is 0 Å². The molecule has 2 aromatic rings. The number of ether oxygens (including phenoxy) is 1. The van der Waals surface area contributed by atoms with E-state index in [1.165, 1.54) is 23.8 Å². The number of halogens is 1. The Balaban J connectivity index is 1.99. The van der Waals surface area contributed by atoms with E-state index in [0.29, 0.717) is 12.3 Å². The summed E-state index contributed by atoms with van der Waals surface area (Å²) in [6.45, 7) is 6.21. The highest BCUT2D eigenvalue weighted by molar-refractivity contribution is 6.10. The highest BCUT2D eigenvalue weighted by Crippen LogP contribution is 2.40. The van der Waals surface area contributed by atoms with Crippen LogP contribution in [-0.2, 0) is 14.3 Å². The Morgan fingerprint density at radius 3 is 2.32 bits per heavy atom. The number of allylic oxidation sites excluding steroid dienone is 2. The van der Waals surface area contributed by atoms with Crippen molar-refractivity contribution >= 4 is 17.3 Å². The molecule has 0 N–H and O–H groups in total. The highest BCUT2D eigenvalue weighted by atomic mass is 19.1. The summed E-state index contributed by atoms with van der Waals surface area (Å²) in [5.74, 6) is -1.83. The number of esters is 1. The molecule has 1 aliphatic carbocycles. The molecule has 2 atom stereocenters. The third kappa shape index (κ3) is 4.22. The number of hydrogen-bond acceptors (Lipinski definition) is 3. The summed E-state index contributed by atoms with van der Waals surface area (Å²) >= 11 is 0. The van der Waals surface area contributed by atoms with Crippen molar-refractivity contribution in [2.75, 3.05) is 6.61 Å². The van der Waals surface area contributed by atoms with E-state index >= 15 is 0 Å². The number of carbonyl (C=O) groups is 2. The zero-order valence-electron chi connectivity index (χ0n) is 16.4. The number of hydrogen-bond donors (Lipinski definition) is 0. The predicted molar refractivity (Wildman–Crippen MR) is 107 cm³/mol. The molecule has 3 nitrogen and oxygen atoms in total. The first kappa shape index (κ1) is 20.0. The van der Waals surface area contributed by atoms with E-state index in [4.69, 9.17) is 4.74 Å². The van der Waals surface area contributed by atoms with Gasteiger partial charge in [0.15, 0.2) is 5.78 Å². The van der Waals surface area contributed by atoms with Gasteiger partial charge in [0, 0.05) is 5.92 Å². The summed E-state index contributed by atoms with van der Waals surface area (Å²) in [7, 11) is 0.